The van der Waals surface area contributed by atoms with Crippen molar-refractivity contribution in [1.29, 1.82) is 0 Å². The second-order valence-electron chi connectivity index (χ2n) is 4.40. The number of nitrogens with one attached hydrogen (secondary N) is 1. The summed E-state index contributed by atoms with van der Waals surface area (Å²) in [5.41, 5.74) is -0.727. The van der Waals surface area contributed by atoms with Crippen LogP contribution >= 0.6 is 0 Å². The second kappa shape index (κ2) is 5.77. The highest BCUT2D eigenvalue weighted by atomic mass is 32.2. The van der Waals surface area contributed by atoms with Crippen LogP contribution in [0.5, 0.6) is 11.5 Å². The maximum absolute atomic E-state index is 12.2. The fraction of sp³-hybridized carbons (Fsp3) is 0.364. The summed E-state index contributed by atoms with van der Waals surface area (Å²) in [5.74, 6) is -1.31. The van der Waals surface area contributed by atoms with E-state index in [4.69, 9.17) is 14.6 Å². The first kappa shape index (κ1) is 16.0. The first-order chi connectivity index (χ1) is 10.2. The maximum Gasteiger partial charge on any atom is 0.321 e. The number of rotatable bonds is 5. The van der Waals surface area contributed by atoms with Crippen molar-refractivity contribution in [3.05, 3.63) is 22.2 Å². The third-order valence-electron chi connectivity index (χ3n) is 2.81. The normalized spacial score (nSPS) is 15.1. The van der Waals surface area contributed by atoms with Gasteiger partial charge in [0.1, 0.15) is 19.3 Å². The fourth-order valence-corrected chi connectivity index (χ4v) is 3.13. The van der Waals surface area contributed by atoms with E-state index < -0.39 is 37.5 Å². The van der Waals surface area contributed by atoms with Crippen LogP contribution < -0.4 is 14.2 Å². The van der Waals surface area contributed by atoms with E-state index in [0.29, 0.717) is 0 Å². The molecular weight excluding hydrogens is 320 g/mol. The molecule has 1 aromatic carbocycles. The summed E-state index contributed by atoms with van der Waals surface area (Å²) >= 11 is 0. The molecule has 22 heavy (non-hydrogen) atoms. The summed E-state index contributed by atoms with van der Waals surface area (Å²) in [6, 6.07) is 0.440. The average Bonchev–Trinajstić information content (AvgIpc) is 2.45. The molecule has 1 atom stereocenters. The van der Waals surface area contributed by atoms with Crippen LogP contribution in [0.3, 0.4) is 0 Å². The molecule has 0 fully saturated rings. The Balaban J connectivity index is 2.53. The number of aliphatic carboxylic acids is 1. The number of carboxylic acid groups (broad SMARTS) is 1. The molecule has 0 unspecified atom stereocenters. The van der Waals surface area contributed by atoms with Gasteiger partial charge in [0, 0.05) is 6.07 Å². The number of nitro groups is 1. The van der Waals surface area contributed by atoms with Crippen molar-refractivity contribution in [3.63, 3.8) is 0 Å². The largest absolute Gasteiger partial charge is 0.486 e. The van der Waals surface area contributed by atoms with Crippen molar-refractivity contribution < 1.29 is 32.7 Å². The smallest absolute Gasteiger partial charge is 0.321 e. The Hall–Kier alpha value is -2.40. The summed E-state index contributed by atoms with van der Waals surface area (Å²) in [7, 11) is -4.42. The zero-order valence-electron chi connectivity index (χ0n) is 11.3. The predicted octanol–water partition coefficient (Wildman–Crippen LogP) is 0.117. The quantitative estimate of drug-likeness (QED) is 0.571. The Morgan fingerprint density at radius 2 is 1.91 bits per heavy atom. The zero-order chi connectivity index (χ0) is 16.5. The second-order valence-corrected chi connectivity index (χ2v) is 6.08. The minimum absolute atomic E-state index is 0.0419. The molecule has 11 heteroatoms. The first-order valence-electron chi connectivity index (χ1n) is 6.05. The summed E-state index contributed by atoms with van der Waals surface area (Å²) < 4.78 is 36.6. The number of carbonyl (C=O) groups is 1. The SMILES string of the molecule is C[C@@H](NS(=O)(=O)c1cc2c(cc1[N+](=O)[O-])OCCO2)C(=O)O. The van der Waals surface area contributed by atoms with Gasteiger partial charge in [-0.15, -0.1) is 0 Å². The zero-order valence-corrected chi connectivity index (χ0v) is 12.1. The van der Waals surface area contributed by atoms with E-state index in [0.717, 1.165) is 19.1 Å². The van der Waals surface area contributed by atoms with Crippen LogP contribution in [0.2, 0.25) is 0 Å². The highest BCUT2D eigenvalue weighted by Crippen LogP contribution is 2.38. The lowest BCUT2D eigenvalue weighted by Gasteiger charge is -2.19. The number of hydrogen-bond donors (Lipinski definition) is 2. The van der Waals surface area contributed by atoms with Crippen molar-refractivity contribution in [2.45, 2.75) is 17.9 Å². The van der Waals surface area contributed by atoms with E-state index in [1.165, 1.54) is 0 Å². The minimum Gasteiger partial charge on any atom is -0.486 e. The Bertz CT molecular complexity index is 730. The molecule has 0 spiro atoms. The molecule has 1 aliphatic heterocycles. The van der Waals surface area contributed by atoms with Gasteiger partial charge in [-0.25, -0.2) is 8.42 Å². The van der Waals surface area contributed by atoms with E-state index in [1.807, 2.05) is 4.72 Å². The lowest BCUT2D eigenvalue weighted by molar-refractivity contribution is -0.388. The number of nitro benzene ring substituents is 1. The Morgan fingerprint density at radius 3 is 2.41 bits per heavy atom. The third-order valence-corrected chi connectivity index (χ3v) is 4.38. The number of hydrogen-bond acceptors (Lipinski definition) is 7. The van der Waals surface area contributed by atoms with Crippen molar-refractivity contribution in [1.82, 2.24) is 4.72 Å². The van der Waals surface area contributed by atoms with E-state index in [-0.39, 0.29) is 24.7 Å². The summed E-state index contributed by atoms with van der Waals surface area (Å²) in [6.45, 7) is 1.46. The van der Waals surface area contributed by atoms with Gasteiger partial charge in [-0.2, -0.15) is 4.72 Å². The molecule has 0 bridgehead atoms. The van der Waals surface area contributed by atoms with Gasteiger partial charge in [0.05, 0.1) is 11.0 Å². The molecule has 1 aromatic rings. The predicted molar refractivity (Wildman–Crippen MR) is 71.5 cm³/mol. The average molecular weight is 332 g/mol. The van der Waals surface area contributed by atoms with Gasteiger partial charge in [-0.1, -0.05) is 0 Å². The first-order valence-corrected chi connectivity index (χ1v) is 7.54. The number of sulfonamides is 1. The van der Waals surface area contributed by atoms with Gasteiger partial charge in [-0.3, -0.25) is 14.9 Å². The van der Waals surface area contributed by atoms with Crippen LogP contribution in [-0.2, 0) is 14.8 Å². The van der Waals surface area contributed by atoms with Crippen molar-refractivity contribution in [3.8, 4) is 11.5 Å². The van der Waals surface area contributed by atoms with Gasteiger partial charge < -0.3 is 14.6 Å². The van der Waals surface area contributed by atoms with Crippen LogP contribution in [-0.4, -0.2) is 43.7 Å². The minimum atomic E-state index is -4.42. The van der Waals surface area contributed by atoms with Crippen LogP contribution in [0.4, 0.5) is 5.69 Å². The van der Waals surface area contributed by atoms with E-state index in [1.54, 1.807) is 0 Å². The van der Waals surface area contributed by atoms with Crippen molar-refractivity contribution in [2.75, 3.05) is 13.2 Å². The monoisotopic (exact) mass is 332 g/mol. The molecule has 120 valence electrons. The third kappa shape index (κ3) is 3.09. The summed E-state index contributed by atoms with van der Waals surface area (Å²) in [5, 5.41) is 19.8. The van der Waals surface area contributed by atoms with Crippen molar-refractivity contribution >= 4 is 21.7 Å². The fourth-order valence-electron chi connectivity index (χ4n) is 1.76. The van der Waals surface area contributed by atoms with Crippen LogP contribution in [0.25, 0.3) is 0 Å². The van der Waals surface area contributed by atoms with Gasteiger partial charge >= 0.3 is 5.97 Å². The van der Waals surface area contributed by atoms with E-state index >= 15 is 0 Å². The topological polar surface area (TPSA) is 145 Å². The molecule has 2 N–H and O–H groups in total. The highest BCUT2D eigenvalue weighted by Gasteiger charge is 2.32. The molecule has 1 aliphatic rings. The number of nitrogens with zero attached hydrogens (tertiary/aromatic N) is 1. The van der Waals surface area contributed by atoms with Gasteiger partial charge in [0.25, 0.3) is 5.69 Å². The van der Waals surface area contributed by atoms with Crippen LogP contribution in [0, 0.1) is 10.1 Å². The molecule has 2 rings (SSSR count). The number of benzene rings is 1. The summed E-state index contributed by atoms with van der Waals surface area (Å²) in [6.07, 6.45) is 0. The van der Waals surface area contributed by atoms with Crippen molar-refractivity contribution in [2.24, 2.45) is 0 Å². The number of ether oxygens (including phenoxy) is 2. The summed E-state index contributed by atoms with van der Waals surface area (Å²) in [4.78, 5) is 20.3. The Morgan fingerprint density at radius 1 is 1.36 bits per heavy atom. The molecular formula is C11H12N2O8S. The maximum atomic E-state index is 12.2. The molecule has 0 saturated carbocycles. The van der Waals surface area contributed by atoms with E-state index in [9.17, 15) is 23.3 Å². The molecule has 0 amide bonds. The molecule has 0 saturated heterocycles. The van der Waals surface area contributed by atoms with Crippen LogP contribution in [0.1, 0.15) is 6.92 Å². The molecule has 0 radical (unpaired) electrons. The van der Waals surface area contributed by atoms with Gasteiger partial charge in [0.2, 0.25) is 10.0 Å². The Labute approximate surface area is 124 Å². The van der Waals surface area contributed by atoms with Gasteiger partial charge in [0.15, 0.2) is 16.4 Å². The molecule has 10 nitrogen and oxygen atoms in total. The van der Waals surface area contributed by atoms with E-state index in [2.05, 4.69) is 0 Å². The molecule has 0 aliphatic carbocycles. The lowest BCUT2D eigenvalue weighted by Crippen LogP contribution is -2.38. The standard InChI is InChI=1S/C11H12N2O8S/c1-6(11(14)15)12-22(18,19)10-5-9-8(20-2-3-21-9)4-7(10)13(16)17/h4-6,12H,2-3H2,1H3,(H,14,15)/t6-/m1/s1. The number of fused-ring (bicyclic) bond motifs is 1. The van der Waals surface area contributed by atoms with Gasteiger partial charge in [-0.05, 0) is 6.92 Å². The Kier molecular flexibility index (Phi) is 4.19. The lowest BCUT2D eigenvalue weighted by atomic mass is 10.2. The molecule has 0 aromatic heterocycles. The van der Waals surface area contributed by atoms with Crippen LogP contribution in [0.15, 0.2) is 17.0 Å². The number of carboxylic acids is 1. The highest BCUT2D eigenvalue weighted by molar-refractivity contribution is 7.89. The molecule has 1 heterocycles.